The van der Waals surface area contributed by atoms with Gasteiger partial charge >= 0.3 is 0 Å². The number of amides is 1. The highest BCUT2D eigenvalue weighted by Gasteiger charge is 2.11. The van der Waals surface area contributed by atoms with Gasteiger partial charge in [0.1, 0.15) is 5.75 Å². The summed E-state index contributed by atoms with van der Waals surface area (Å²) >= 11 is 0. The van der Waals surface area contributed by atoms with Gasteiger partial charge in [-0.25, -0.2) is 5.43 Å². The van der Waals surface area contributed by atoms with E-state index in [1.807, 2.05) is 32.9 Å². The van der Waals surface area contributed by atoms with E-state index >= 15 is 0 Å². The van der Waals surface area contributed by atoms with E-state index in [-0.39, 0.29) is 12.5 Å². The fourth-order valence-corrected chi connectivity index (χ4v) is 1.73. The van der Waals surface area contributed by atoms with Crippen molar-refractivity contribution in [1.29, 1.82) is 0 Å². The first kappa shape index (κ1) is 15.8. The number of hydrogen-bond donors (Lipinski definition) is 1. The smallest absolute Gasteiger partial charge is 0.277 e. The van der Waals surface area contributed by atoms with E-state index in [4.69, 9.17) is 9.26 Å². The second-order valence-electron chi connectivity index (χ2n) is 4.90. The number of carbonyl (C=O) groups is 1. The van der Waals surface area contributed by atoms with Crippen LogP contribution in [0, 0.1) is 6.92 Å². The zero-order chi connectivity index (χ0) is 15.9. The van der Waals surface area contributed by atoms with E-state index in [0.717, 1.165) is 23.3 Å². The lowest BCUT2D eigenvalue weighted by atomic mass is 10.1. The molecule has 2 rings (SSSR count). The van der Waals surface area contributed by atoms with Crippen molar-refractivity contribution in [2.45, 2.75) is 27.2 Å². The third kappa shape index (κ3) is 4.18. The molecular formula is C16H19N3O3. The van der Waals surface area contributed by atoms with Crippen LogP contribution in [0.25, 0.3) is 11.3 Å². The van der Waals surface area contributed by atoms with Crippen LogP contribution in [0.3, 0.4) is 0 Å². The Labute approximate surface area is 129 Å². The van der Waals surface area contributed by atoms with Gasteiger partial charge in [-0.05, 0) is 32.4 Å². The normalized spacial score (nSPS) is 11.3. The molecule has 2 aromatic rings. The molecule has 0 unspecified atom stereocenters. The lowest BCUT2D eigenvalue weighted by Gasteiger charge is -2.10. The summed E-state index contributed by atoms with van der Waals surface area (Å²) in [6, 6.07) is 7.39. The maximum Gasteiger partial charge on any atom is 0.277 e. The number of hydrogen-bond acceptors (Lipinski definition) is 5. The summed E-state index contributed by atoms with van der Waals surface area (Å²) in [6.07, 6.45) is 2.35. The van der Waals surface area contributed by atoms with Crippen LogP contribution < -0.4 is 10.2 Å². The van der Waals surface area contributed by atoms with Gasteiger partial charge in [0.05, 0.1) is 11.8 Å². The van der Waals surface area contributed by atoms with Gasteiger partial charge < -0.3 is 9.26 Å². The molecule has 116 valence electrons. The summed E-state index contributed by atoms with van der Waals surface area (Å²) in [7, 11) is 0. The molecule has 0 aliphatic heterocycles. The standard InChI is InChI=1S/C16H19N3O3/c1-4-12(3)18-19-16(20)10-21-14-6-5-11(2)9-13(14)15-7-8-17-22-15/h5-9H,4,10H2,1-3H3,(H,19,20)/b18-12+. The Morgan fingerprint density at radius 3 is 2.91 bits per heavy atom. The molecule has 0 atom stereocenters. The predicted molar refractivity (Wildman–Crippen MR) is 83.7 cm³/mol. The quantitative estimate of drug-likeness (QED) is 0.657. The van der Waals surface area contributed by atoms with Gasteiger partial charge in [0.25, 0.3) is 5.91 Å². The summed E-state index contributed by atoms with van der Waals surface area (Å²) in [6.45, 7) is 5.67. The molecule has 6 heteroatoms. The molecule has 0 bridgehead atoms. The Bertz CT molecular complexity index is 663. The number of carbonyl (C=O) groups excluding carboxylic acids is 1. The number of aromatic nitrogens is 1. The average Bonchev–Trinajstić information content (AvgIpc) is 3.05. The summed E-state index contributed by atoms with van der Waals surface area (Å²) in [4.78, 5) is 11.7. The summed E-state index contributed by atoms with van der Waals surface area (Å²) < 4.78 is 10.7. The summed E-state index contributed by atoms with van der Waals surface area (Å²) in [5.74, 6) is 0.851. The number of nitrogens with zero attached hydrogens (tertiary/aromatic N) is 2. The van der Waals surface area contributed by atoms with Crippen LogP contribution in [-0.2, 0) is 4.79 Å². The molecule has 0 saturated carbocycles. The second-order valence-corrected chi connectivity index (χ2v) is 4.90. The third-order valence-corrected chi connectivity index (χ3v) is 3.08. The Morgan fingerprint density at radius 1 is 1.41 bits per heavy atom. The summed E-state index contributed by atoms with van der Waals surface area (Å²) in [5.41, 5.74) is 5.13. The maximum atomic E-state index is 11.7. The SMILES string of the molecule is CC/C(C)=N/NC(=O)COc1ccc(C)cc1-c1ccno1. The second kappa shape index (κ2) is 7.40. The zero-order valence-electron chi connectivity index (χ0n) is 12.9. The Hall–Kier alpha value is -2.63. The maximum absolute atomic E-state index is 11.7. The number of benzene rings is 1. The molecule has 22 heavy (non-hydrogen) atoms. The minimum absolute atomic E-state index is 0.120. The lowest BCUT2D eigenvalue weighted by Crippen LogP contribution is -2.25. The molecule has 1 aromatic carbocycles. The monoisotopic (exact) mass is 301 g/mol. The molecule has 0 saturated heterocycles. The number of hydrazone groups is 1. The van der Waals surface area contributed by atoms with E-state index in [0.29, 0.717) is 11.5 Å². The van der Waals surface area contributed by atoms with Crippen molar-refractivity contribution in [2.24, 2.45) is 5.10 Å². The Balaban J connectivity index is 2.06. The predicted octanol–water partition coefficient (Wildman–Crippen LogP) is 2.93. The molecule has 6 nitrogen and oxygen atoms in total. The van der Waals surface area contributed by atoms with E-state index in [1.54, 1.807) is 18.3 Å². The van der Waals surface area contributed by atoms with Crippen molar-refractivity contribution in [3.8, 4) is 17.1 Å². The first-order valence-corrected chi connectivity index (χ1v) is 7.06. The first-order chi connectivity index (χ1) is 10.6. The molecule has 0 radical (unpaired) electrons. The van der Waals surface area contributed by atoms with Crippen LogP contribution in [0.1, 0.15) is 25.8 Å². The van der Waals surface area contributed by atoms with Gasteiger partial charge in [-0.2, -0.15) is 5.10 Å². The van der Waals surface area contributed by atoms with E-state index in [2.05, 4.69) is 15.7 Å². The largest absolute Gasteiger partial charge is 0.483 e. The number of ether oxygens (including phenoxy) is 1. The van der Waals surface area contributed by atoms with Crippen molar-refractivity contribution in [3.63, 3.8) is 0 Å². The fraction of sp³-hybridized carbons (Fsp3) is 0.312. The van der Waals surface area contributed by atoms with Gasteiger partial charge in [0.15, 0.2) is 12.4 Å². The number of nitrogens with one attached hydrogen (secondary N) is 1. The van der Waals surface area contributed by atoms with Crippen LogP contribution >= 0.6 is 0 Å². The van der Waals surface area contributed by atoms with Gasteiger partial charge in [-0.1, -0.05) is 23.7 Å². The summed E-state index contributed by atoms with van der Waals surface area (Å²) in [5, 5.41) is 7.65. The van der Waals surface area contributed by atoms with Gasteiger partial charge in [0, 0.05) is 11.8 Å². The van der Waals surface area contributed by atoms with Crippen LogP contribution in [-0.4, -0.2) is 23.4 Å². The molecule has 1 N–H and O–H groups in total. The van der Waals surface area contributed by atoms with Gasteiger partial charge in [-0.15, -0.1) is 0 Å². The van der Waals surface area contributed by atoms with Crippen LogP contribution in [0.15, 0.2) is 40.1 Å². The lowest BCUT2D eigenvalue weighted by molar-refractivity contribution is -0.123. The average molecular weight is 301 g/mol. The highest BCUT2D eigenvalue weighted by atomic mass is 16.5. The molecule has 1 amide bonds. The van der Waals surface area contributed by atoms with E-state index < -0.39 is 0 Å². The van der Waals surface area contributed by atoms with E-state index in [9.17, 15) is 4.79 Å². The molecule has 0 spiro atoms. The number of aryl methyl sites for hydroxylation is 1. The molecular weight excluding hydrogens is 282 g/mol. The fourth-order valence-electron chi connectivity index (χ4n) is 1.73. The van der Waals surface area contributed by atoms with Crippen molar-refractivity contribution < 1.29 is 14.1 Å². The van der Waals surface area contributed by atoms with Crippen LogP contribution in [0.4, 0.5) is 0 Å². The molecule has 1 aromatic heterocycles. The molecule has 0 aliphatic carbocycles. The third-order valence-electron chi connectivity index (χ3n) is 3.08. The Kier molecular flexibility index (Phi) is 5.30. The highest BCUT2D eigenvalue weighted by Crippen LogP contribution is 2.30. The van der Waals surface area contributed by atoms with Crippen molar-refractivity contribution in [1.82, 2.24) is 10.6 Å². The highest BCUT2D eigenvalue weighted by molar-refractivity contribution is 5.84. The van der Waals surface area contributed by atoms with Gasteiger partial charge in [-0.3, -0.25) is 4.79 Å². The molecule has 0 fully saturated rings. The van der Waals surface area contributed by atoms with Crippen LogP contribution in [0.5, 0.6) is 5.75 Å². The van der Waals surface area contributed by atoms with Crippen molar-refractivity contribution in [2.75, 3.05) is 6.61 Å². The molecule has 0 aliphatic rings. The minimum atomic E-state index is -0.308. The minimum Gasteiger partial charge on any atom is -0.483 e. The zero-order valence-corrected chi connectivity index (χ0v) is 12.9. The number of rotatable bonds is 6. The Morgan fingerprint density at radius 2 is 2.23 bits per heavy atom. The first-order valence-electron chi connectivity index (χ1n) is 7.06. The van der Waals surface area contributed by atoms with Crippen LogP contribution in [0.2, 0.25) is 0 Å². The molecule has 1 heterocycles. The van der Waals surface area contributed by atoms with Crippen molar-refractivity contribution in [3.05, 3.63) is 36.0 Å². The van der Waals surface area contributed by atoms with Crippen molar-refractivity contribution >= 4 is 11.6 Å². The van der Waals surface area contributed by atoms with E-state index in [1.165, 1.54) is 0 Å². The topological polar surface area (TPSA) is 76.7 Å². The van der Waals surface area contributed by atoms with Gasteiger partial charge in [0.2, 0.25) is 0 Å².